The van der Waals surface area contributed by atoms with Crippen LogP contribution in [-0.2, 0) is 11.0 Å². The molecule has 1 amide bonds. The normalized spacial score (nSPS) is 14.2. The first-order chi connectivity index (χ1) is 9.75. The van der Waals surface area contributed by atoms with E-state index in [1.165, 1.54) is 30.5 Å². The van der Waals surface area contributed by atoms with Crippen LogP contribution in [0.1, 0.15) is 12.5 Å². The first kappa shape index (κ1) is 17.1. The van der Waals surface area contributed by atoms with Crippen molar-refractivity contribution < 1.29 is 18.0 Å². The maximum atomic E-state index is 12.4. The number of carbonyl (C=O) groups is 1. The number of nitrogens with two attached hydrogens (primary N) is 1. The summed E-state index contributed by atoms with van der Waals surface area (Å²) in [7, 11) is 0. The Balaban J connectivity index is 2.87. The van der Waals surface area contributed by atoms with Crippen LogP contribution in [0, 0.1) is 0 Å². The van der Waals surface area contributed by atoms with Crippen molar-refractivity contribution in [2.75, 3.05) is 5.32 Å². The average Bonchev–Trinajstić information content (AvgIpc) is 2.38. The number of carbonyl (C=O) groups excluding carboxylic acids is 1. The SMILES string of the molecule is CC(Cl)/C(=C\C=C/N)C(=O)Nc1ccc(C(F)(F)F)cc1. The van der Waals surface area contributed by atoms with Crippen molar-refractivity contribution in [2.24, 2.45) is 5.73 Å². The first-order valence-electron chi connectivity index (χ1n) is 5.97. The summed E-state index contributed by atoms with van der Waals surface area (Å²) in [6.07, 6.45) is -0.285. The lowest BCUT2D eigenvalue weighted by atomic mass is 10.1. The molecule has 0 aliphatic rings. The van der Waals surface area contributed by atoms with Gasteiger partial charge in [0.15, 0.2) is 0 Å². The Bertz CT molecular complexity index is 548. The number of benzene rings is 1. The monoisotopic (exact) mass is 318 g/mol. The molecule has 0 aliphatic carbocycles. The summed E-state index contributed by atoms with van der Waals surface area (Å²) >= 11 is 5.87. The van der Waals surface area contributed by atoms with Gasteiger partial charge in [0.1, 0.15) is 0 Å². The van der Waals surface area contributed by atoms with Crippen LogP contribution in [-0.4, -0.2) is 11.3 Å². The molecule has 7 heteroatoms. The minimum absolute atomic E-state index is 0.243. The van der Waals surface area contributed by atoms with Crippen LogP contribution < -0.4 is 11.1 Å². The number of halogens is 4. The first-order valence-corrected chi connectivity index (χ1v) is 6.40. The molecule has 0 saturated heterocycles. The van der Waals surface area contributed by atoms with Gasteiger partial charge in [0.2, 0.25) is 0 Å². The minimum atomic E-state index is -4.41. The Morgan fingerprint density at radius 1 is 1.33 bits per heavy atom. The lowest BCUT2D eigenvalue weighted by Gasteiger charge is -2.11. The highest BCUT2D eigenvalue weighted by Crippen LogP contribution is 2.29. The van der Waals surface area contributed by atoms with Gasteiger partial charge in [0.05, 0.1) is 10.9 Å². The zero-order valence-corrected chi connectivity index (χ0v) is 11.9. The topological polar surface area (TPSA) is 55.1 Å². The van der Waals surface area contributed by atoms with Gasteiger partial charge in [0, 0.05) is 11.3 Å². The largest absolute Gasteiger partial charge is 0.416 e. The van der Waals surface area contributed by atoms with E-state index in [1.54, 1.807) is 6.92 Å². The van der Waals surface area contributed by atoms with Gasteiger partial charge < -0.3 is 11.1 Å². The van der Waals surface area contributed by atoms with E-state index in [0.29, 0.717) is 0 Å². The third kappa shape index (κ3) is 5.15. The van der Waals surface area contributed by atoms with Crippen molar-refractivity contribution in [1.82, 2.24) is 0 Å². The van der Waals surface area contributed by atoms with Crippen molar-refractivity contribution >= 4 is 23.2 Å². The maximum absolute atomic E-state index is 12.4. The molecule has 1 unspecified atom stereocenters. The molecule has 1 atom stereocenters. The lowest BCUT2D eigenvalue weighted by Crippen LogP contribution is -2.19. The summed E-state index contributed by atoms with van der Waals surface area (Å²) in [4.78, 5) is 12.0. The summed E-state index contributed by atoms with van der Waals surface area (Å²) in [6.45, 7) is 1.60. The fourth-order valence-corrected chi connectivity index (χ4v) is 1.67. The number of allylic oxidation sites excluding steroid dienone is 2. The predicted octanol–water partition coefficient (Wildman–Crippen LogP) is 3.67. The zero-order valence-electron chi connectivity index (χ0n) is 11.1. The molecule has 1 aromatic rings. The number of alkyl halides is 4. The molecule has 0 aromatic heterocycles. The fourth-order valence-electron chi connectivity index (χ4n) is 1.49. The maximum Gasteiger partial charge on any atom is 0.416 e. The van der Waals surface area contributed by atoms with Crippen molar-refractivity contribution in [1.29, 1.82) is 0 Å². The third-order valence-corrected chi connectivity index (χ3v) is 2.78. The number of hydrogen-bond acceptors (Lipinski definition) is 2. The van der Waals surface area contributed by atoms with Gasteiger partial charge in [-0.3, -0.25) is 4.79 Å². The molecule has 3 nitrogen and oxygen atoms in total. The third-order valence-electron chi connectivity index (χ3n) is 2.55. The van der Waals surface area contributed by atoms with Gasteiger partial charge in [0.25, 0.3) is 5.91 Å². The van der Waals surface area contributed by atoms with E-state index in [9.17, 15) is 18.0 Å². The summed E-state index contributed by atoms with van der Waals surface area (Å²) in [5.74, 6) is -0.504. The van der Waals surface area contributed by atoms with Crippen molar-refractivity contribution in [3.05, 3.63) is 53.8 Å². The van der Waals surface area contributed by atoms with E-state index < -0.39 is 23.0 Å². The van der Waals surface area contributed by atoms with Gasteiger partial charge >= 0.3 is 6.18 Å². The Morgan fingerprint density at radius 3 is 2.33 bits per heavy atom. The van der Waals surface area contributed by atoms with E-state index in [0.717, 1.165) is 12.1 Å². The summed E-state index contributed by atoms with van der Waals surface area (Å²) in [5.41, 5.74) is 4.89. The van der Waals surface area contributed by atoms with Crippen LogP contribution in [0.15, 0.2) is 48.2 Å². The zero-order chi connectivity index (χ0) is 16.0. The van der Waals surface area contributed by atoms with Gasteiger partial charge in [-0.1, -0.05) is 6.08 Å². The summed E-state index contributed by atoms with van der Waals surface area (Å²) in [6, 6.07) is 4.14. The summed E-state index contributed by atoms with van der Waals surface area (Å²) < 4.78 is 37.3. The van der Waals surface area contributed by atoms with Gasteiger partial charge in [-0.05, 0) is 43.5 Å². The van der Waals surface area contributed by atoms with Crippen molar-refractivity contribution in [3.63, 3.8) is 0 Å². The lowest BCUT2D eigenvalue weighted by molar-refractivity contribution is -0.137. The fraction of sp³-hybridized carbons (Fsp3) is 0.214. The number of nitrogens with one attached hydrogen (secondary N) is 1. The van der Waals surface area contributed by atoms with E-state index in [4.69, 9.17) is 17.3 Å². The van der Waals surface area contributed by atoms with E-state index >= 15 is 0 Å². The Labute approximate surface area is 125 Å². The smallest absolute Gasteiger partial charge is 0.405 e. The number of hydrogen-bond donors (Lipinski definition) is 2. The van der Waals surface area contributed by atoms with Crippen LogP contribution in [0.2, 0.25) is 0 Å². The highest BCUT2D eigenvalue weighted by atomic mass is 35.5. The second kappa shape index (κ2) is 7.17. The molecule has 0 spiro atoms. The molecule has 1 aromatic carbocycles. The van der Waals surface area contributed by atoms with E-state index in [-0.39, 0.29) is 11.3 Å². The summed E-state index contributed by atoms with van der Waals surface area (Å²) in [5, 5.41) is 1.90. The highest BCUT2D eigenvalue weighted by molar-refractivity contribution is 6.26. The van der Waals surface area contributed by atoms with E-state index in [1.807, 2.05) is 0 Å². The van der Waals surface area contributed by atoms with Crippen molar-refractivity contribution in [2.45, 2.75) is 18.5 Å². The van der Waals surface area contributed by atoms with Crippen LogP contribution in [0.3, 0.4) is 0 Å². The Hall–Kier alpha value is -1.95. The molecule has 0 fully saturated rings. The molecule has 0 bridgehead atoms. The van der Waals surface area contributed by atoms with Gasteiger partial charge in [-0.25, -0.2) is 0 Å². The minimum Gasteiger partial charge on any atom is -0.405 e. The second-order valence-electron chi connectivity index (χ2n) is 4.15. The molecule has 0 saturated carbocycles. The molecule has 3 N–H and O–H groups in total. The van der Waals surface area contributed by atoms with Crippen LogP contribution >= 0.6 is 11.6 Å². The molecule has 0 heterocycles. The van der Waals surface area contributed by atoms with Crippen LogP contribution in [0.25, 0.3) is 0 Å². The quantitative estimate of drug-likeness (QED) is 0.505. The Kier molecular flexibility index (Phi) is 5.84. The van der Waals surface area contributed by atoms with Gasteiger partial charge in [-0.2, -0.15) is 13.2 Å². The number of amides is 1. The molecular formula is C14H14ClF3N2O. The van der Waals surface area contributed by atoms with Crippen LogP contribution in [0.5, 0.6) is 0 Å². The van der Waals surface area contributed by atoms with Crippen LogP contribution in [0.4, 0.5) is 18.9 Å². The number of rotatable bonds is 4. The molecule has 21 heavy (non-hydrogen) atoms. The molecular weight excluding hydrogens is 305 g/mol. The van der Waals surface area contributed by atoms with Crippen molar-refractivity contribution in [3.8, 4) is 0 Å². The molecule has 114 valence electrons. The average molecular weight is 319 g/mol. The Morgan fingerprint density at radius 2 is 1.90 bits per heavy atom. The highest BCUT2D eigenvalue weighted by Gasteiger charge is 2.30. The standard InChI is InChI=1S/C14H14ClF3N2O/c1-9(15)12(3-2-8-19)13(21)20-11-6-4-10(5-7-11)14(16,17)18/h2-9H,19H2,1H3,(H,20,21)/b8-2-,12-3+. The predicted molar refractivity (Wildman–Crippen MR) is 76.8 cm³/mol. The van der Waals surface area contributed by atoms with E-state index in [2.05, 4.69) is 5.32 Å². The number of anilines is 1. The molecule has 0 aliphatic heterocycles. The second-order valence-corrected chi connectivity index (χ2v) is 4.81. The molecule has 1 rings (SSSR count). The van der Waals surface area contributed by atoms with Gasteiger partial charge in [-0.15, -0.1) is 11.6 Å². The molecule has 0 radical (unpaired) electrons.